The molecule has 0 radical (unpaired) electrons. The summed E-state index contributed by atoms with van der Waals surface area (Å²) in [6.07, 6.45) is 40.0. The molecule has 0 bridgehead atoms. The molecule has 0 saturated heterocycles. The summed E-state index contributed by atoms with van der Waals surface area (Å²) < 4.78 is 11.0. The van der Waals surface area contributed by atoms with Crippen molar-refractivity contribution in [2.24, 2.45) is 0 Å². The zero-order valence-electron chi connectivity index (χ0n) is 68.3. The number of unbranched alkanes of at least 4 members (excludes halogenated alkanes) is 18. The van der Waals surface area contributed by atoms with Gasteiger partial charge >= 0.3 is 0 Å². The Morgan fingerprint density at radius 3 is 1.14 bits per heavy atom. The molecule has 1 aliphatic carbocycles. The van der Waals surface area contributed by atoms with Crippen LogP contribution in [0.3, 0.4) is 0 Å². The Balaban J connectivity index is 0.000000145. The third-order valence-electron chi connectivity index (χ3n) is 23.2. The molecule has 15 rings (SSSR count). The van der Waals surface area contributed by atoms with E-state index in [-0.39, 0.29) is 0 Å². The first kappa shape index (κ1) is 85.1. The van der Waals surface area contributed by atoms with Gasteiger partial charge in [-0.1, -0.05) is 330 Å². The van der Waals surface area contributed by atoms with E-state index in [0.717, 1.165) is 32.7 Å². The normalized spacial score (nSPS) is 11.8. The number of halogens is 5. The fraction of sp³-hybridized carbons (Fsp3) is 0.371. The van der Waals surface area contributed by atoms with Gasteiger partial charge < -0.3 is 9.13 Å². The van der Waals surface area contributed by atoms with Crippen LogP contribution in [0.15, 0.2) is 218 Å². The summed E-state index contributed by atoms with van der Waals surface area (Å²) in [5.74, 6) is 0. The van der Waals surface area contributed by atoms with E-state index in [1.54, 1.807) is 11.1 Å². The highest BCUT2D eigenvalue weighted by Gasteiger charge is 2.23. The van der Waals surface area contributed by atoms with Crippen molar-refractivity contribution in [1.82, 2.24) is 9.13 Å². The summed E-state index contributed by atoms with van der Waals surface area (Å²) in [7, 11) is 0. The fourth-order valence-electron chi connectivity index (χ4n) is 17.4. The summed E-state index contributed by atoms with van der Waals surface area (Å²) in [5, 5.41) is 13.3. The Hall–Kier alpha value is -6.33. The number of rotatable bonds is 32. The molecule has 0 atom stereocenters. The topological polar surface area (TPSA) is 9.86 Å². The van der Waals surface area contributed by atoms with Crippen molar-refractivity contribution < 1.29 is 0 Å². The zero-order valence-corrected chi connectivity index (χ0v) is 76.8. The van der Waals surface area contributed by atoms with Crippen LogP contribution >= 0.6 is 86.3 Å². The molecule has 0 N–H and O–H groups in total. The van der Waals surface area contributed by atoms with Crippen molar-refractivity contribution in [2.45, 2.75) is 254 Å². The maximum absolute atomic E-state index is 3.78. The van der Waals surface area contributed by atoms with Gasteiger partial charge in [0, 0.05) is 54.4 Å². The molecule has 2 nitrogen and oxygen atoms in total. The van der Waals surface area contributed by atoms with Crippen LogP contribution in [0.2, 0.25) is 0 Å². The second kappa shape index (κ2) is 42.5. The van der Waals surface area contributed by atoms with Gasteiger partial charge in [0.1, 0.15) is 0 Å². The molecule has 0 fully saturated rings. The molecule has 0 unspecified atom stereocenters. The number of hydrogen-bond donors (Lipinski definition) is 0. The maximum Gasteiger partial charge on any atom is 0.0552 e. The SMILES string of the molecule is Brc1ccc2c(c1)Cc1ccc3c(Br)cccc3c1-2.CCCCCCc1cc(CCCCCC)cc(-n2c3cc(Br)ccc3c3c4cccc(Br)c4ccc32)c1.CCCCCCc1cc(CCCCCC)cc(-n2c3cc(C)ccc3c3c4cccc(C)c4ccc32)c1.CCCCCCc1cc(I)cc(CCCCCC)c1. The quantitative estimate of drug-likeness (QED) is 0.0294. The van der Waals surface area contributed by atoms with Crippen LogP contribution in [-0.2, 0) is 44.9 Å². The molecule has 0 amide bonds. The second-order valence-corrected chi connectivity index (χ2v) is 36.8. The first-order chi connectivity index (χ1) is 54.7. The molecule has 0 spiro atoms. The number of aromatic nitrogens is 2. The summed E-state index contributed by atoms with van der Waals surface area (Å²) >= 11 is 17.2. The molecule has 584 valence electrons. The largest absolute Gasteiger partial charge is 0.309 e. The van der Waals surface area contributed by atoms with Crippen LogP contribution in [0.4, 0.5) is 0 Å². The van der Waals surface area contributed by atoms with E-state index in [2.05, 4.69) is 351 Å². The predicted octanol–water partition coefficient (Wildman–Crippen LogP) is 35.0. The van der Waals surface area contributed by atoms with Crippen molar-refractivity contribution in [1.29, 1.82) is 0 Å². The number of aryl methyl sites for hydroxylation is 8. The predicted molar refractivity (Wildman–Crippen MR) is 515 cm³/mol. The molecular formula is C105H119Br4IN2. The van der Waals surface area contributed by atoms with Crippen LogP contribution < -0.4 is 0 Å². The van der Waals surface area contributed by atoms with Crippen LogP contribution in [0, 0.1) is 17.4 Å². The molecule has 112 heavy (non-hydrogen) atoms. The lowest BCUT2D eigenvalue weighted by Gasteiger charge is -2.14. The van der Waals surface area contributed by atoms with Crippen molar-refractivity contribution >= 4 is 162 Å². The highest BCUT2D eigenvalue weighted by atomic mass is 127. The van der Waals surface area contributed by atoms with Crippen LogP contribution in [0.25, 0.3) is 98.4 Å². The van der Waals surface area contributed by atoms with Gasteiger partial charge in [-0.25, -0.2) is 0 Å². The lowest BCUT2D eigenvalue weighted by atomic mass is 9.98. The summed E-state index contributed by atoms with van der Waals surface area (Å²) in [6.45, 7) is 18.2. The number of hydrogen-bond acceptors (Lipinski definition) is 0. The average molecular weight is 1860 g/mol. The standard InChI is InChI=1S/C36H43N.C34H37Br2N.C18H29I.C17H10Br2/c1-5-7-9-11-15-28-23-29(16-12-10-8-6-2)25-30(24-28)37-34-21-20-31-27(4)14-13-17-32(31)36(34)33-19-18-26(3)22-35(33)37;1-3-5-7-9-12-24-20-25(13-10-8-6-4-2)22-27(21-24)37-32-19-18-28-29(14-11-15-31(28)36)34(32)30-17-16-26(35)23-33(30)37;1-3-5-7-9-11-16-13-17(15-18(19)14-16)12-10-8-6-4-2;18-12-5-7-13-11(9-12)8-10-4-6-14-15(17(10)13)2-1-3-16(14)19/h13-14,17-25H,5-12,15-16H2,1-4H3;11,14-23H,3-10,12-13H2,1-2H3;13-15H,3-12H2,1-2H3;1-7,9H,8H2. The number of fused-ring (bicyclic) bond motifs is 15. The highest BCUT2D eigenvalue weighted by molar-refractivity contribution is 14.1. The smallest absolute Gasteiger partial charge is 0.0552 e. The third kappa shape index (κ3) is 21.5. The Morgan fingerprint density at radius 2 is 0.670 bits per heavy atom. The number of nitrogens with zero attached hydrogens (tertiary/aromatic N) is 2. The molecule has 2 heterocycles. The van der Waals surface area contributed by atoms with E-state index in [9.17, 15) is 0 Å². The summed E-state index contributed by atoms with van der Waals surface area (Å²) in [5.41, 5.74) is 25.1. The fourth-order valence-corrected chi connectivity index (χ4v) is 19.9. The van der Waals surface area contributed by atoms with Gasteiger partial charge in [0.25, 0.3) is 0 Å². The van der Waals surface area contributed by atoms with Gasteiger partial charge in [0.05, 0.1) is 22.1 Å². The molecule has 1 aliphatic rings. The van der Waals surface area contributed by atoms with Crippen LogP contribution in [0.5, 0.6) is 0 Å². The molecular weight excluding hydrogens is 1740 g/mol. The summed E-state index contributed by atoms with van der Waals surface area (Å²) in [6, 6.07) is 75.8. The third-order valence-corrected chi connectivity index (χ3v) is 26.2. The van der Waals surface area contributed by atoms with Gasteiger partial charge in [-0.15, -0.1) is 0 Å². The van der Waals surface area contributed by atoms with Crippen molar-refractivity contribution in [3.8, 4) is 22.5 Å². The maximum atomic E-state index is 3.78. The first-order valence-electron chi connectivity index (χ1n) is 43.0. The van der Waals surface area contributed by atoms with E-state index in [1.807, 2.05) is 0 Å². The minimum Gasteiger partial charge on any atom is -0.309 e. The second-order valence-electron chi connectivity index (χ2n) is 32.0. The van der Waals surface area contributed by atoms with E-state index < -0.39 is 0 Å². The van der Waals surface area contributed by atoms with Crippen molar-refractivity contribution in [3.63, 3.8) is 0 Å². The van der Waals surface area contributed by atoms with Crippen LogP contribution in [0.1, 0.15) is 251 Å². The van der Waals surface area contributed by atoms with Crippen molar-refractivity contribution in [3.05, 3.63) is 277 Å². The van der Waals surface area contributed by atoms with Gasteiger partial charge in [-0.2, -0.15) is 0 Å². The van der Waals surface area contributed by atoms with Crippen LogP contribution in [-0.4, -0.2) is 9.13 Å². The monoisotopic (exact) mass is 1850 g/mol. The highest BCUT2D eigenvalue weighted by Crippen LogP contribution is 2.45. The lowest BCUT2D eigenvalue weighted by molar-refractivity contribution is 0.661. The first-order valence-corrected chi connectivity index (χ1v) is 47.2. The molecule has 14 aromatic rings. The Labute approximate surface area is 718 Å². The van der Waals surface area contributed by atoms with E-state index >= 15 is 0 Å². The number of benzene rings is 12. The Kier molecular flexibility index (Phi) is 32.3. The Morgan fingerprint density at radius 1 is 0.295 bits per heavy atom. The molecule has 2 aromatic heterocycles. The molecule has 7 heteroatoms. The van der Waals surface area contributed by atoms with E-state index in [0.29, 0.717) is 0 Å². The van der Waals surface area contributed by atoms with Gasteiger partial charge in [-0.05, 0) is 310 Å². The average Bonchev–Trinajstić information content (AvgIpc) is 1.55. The molecule has 0 aliphatic heterocycles. The van der Waals surface area contributed by atoms with Gasteiger partial charge in [0.15, 0.2) is 0 Å². The Bertz CT molecular complexity index is 5160. The van der Waals surface area contributed by atoms with Crippen molar-refractivity contribution in [2.75, 3.05) is 0 Å². The van der Waals surface area contributed by atoms with E-state index in [1.165, 1.54) is 331 Å². The molecule has 0 saturated carbocycles. The molecule has 12 aromatic carbocycles. The minimum atomic E-state index is 1.03. The zero-order chi connectivity index (χ0) is 78.5. The lowest BCUT2D eigenvalue weighted by Crippen LogP contribution is -1.99. The minimum absolute atomic E-state index is 1.03. The van der Waals surface area contributed by atoms with E-state index in [4.69, 9.17) is 0 Å². The summed E-state index contributed by atoms with van der Waals surface area (Å²) in [4.78, 5) is 0. The van der Waals surface area contributed by atoms with Gasteiger partial charge in [0.2, 0.25) is 0 Å². The van der Waals surface area contributed by atoms with Gasteiger partial charge in [-0.3, -0.25) is 0 Å².